The lowest BCUT2D eigenvalue weighted by Crippen LogP contribution is -2.34. The molecule has 1 aromatic carbocycles. The Labute approximate surface area is 208 Å². The lowest BCUT2D eigenvalue weighted by Gasteiger charge is -2.09. The van der Waals surface area contributed by atoms with Gasteiger partial charge >= 0.3 is 11.9 Å². The molecule has 0 saturated carbocycles. The molecule has 0 unspecified atom stereocenters. The number of hydrogen-bond donors (Lipinski definition) is 2. The van der Waals surface area contributed by atoms with Crippen molar-refractivity contribution in [2.75, 3.05) is 19.0 Å². The van der Waals surface area contributed by atoms with Gasteiger partial charge in [0.2, 0.25) is 0 Å². The fraction of sp³-hybridized carbons (Fsp3) is 0.182. The molecule has 11 nitrogen and oxygen atoms in total. The Hall–Kier alpha value is -4.10. The number of ether oxygens (including phenoxy) is 2. The van der Waals surface area contributed by atoms with Crippen LogP contribution < -0.4 is 10.6 Å². The molecule has 0 aliphatic carbocycles. The van der Waals surface area contributed by atoms with Crippen molar-refractivity contribution in [3.05, 3.63) is 68.3 Å². The molecule has 2 N–H and O–H groups in total. The van der Waals surface area contributed by atoms with Gasteiger partial charge in [-0.15, -0.1) is 11.3 Å². The zero-order chi connectivity index (χ0) is 25.7. The van der Waals surface area contributed by atoms with Gasteiger partial charge in [0.1, 0.15) is 15.6 Å². The Morgan fingerprint density at radius 2 is 1.94 bits per heavy atom. The van der Waals surface area contributed by atoms with Crippen LogP contribution in [0.2, 0.25) is 0 Å². The number of non-ortho nitro benzene ring substituents is 1. The van der Waals surface area contributed by atoms with E-state index >= 15 is 0 Å². The molecule has 13 heteroatoms. The molecule has 3 rings (SSSR count). The molecule has 3 aromatic rings. The maximum absolute atomic E-state index is 12.6. The SMILES string of the molecule is CCOC(=O)c1c(NC(=S)NC(=O)c2ccc(-c3cccc([N+](=O)[O-])c3)o2)sc(C(=O)OC)c1C. The van der Waals surface area contributed by atoms with E-state index in [9.17, 15) is 24.5 Å². The molecule has 35 heavy (non-hydrogen) atoms. The monoisotopic (exact) mass is 517 g/mol. The van der Waals surface area contributed by atoms with E-state index in [4.69, 9.17) is 26.1 Å². The molecule has 2 heterocycles. The summed E-state index contributed by atoms with van der Waals surface area (Å²) in [5, 5.41) is 16.2. The van der Waals surface area contributed by atoms with Gasteiger partial charge in [-0.3, -0.25) is 20.2 Å². The van der Waals surface area contributed by atoms with Crippen molar-refractivity contribution < 1.29 is 33.2 Å². The van der Waals surface area contributed by atoms with Crippen LogP contribution in [0, 0.1) is 17.0 Å². The number of amides is 1. The second-order valence-electron chi connectivity index (χ2n) is 6.85. The van der Waals surface area contributed by atoms with Gasteiger partial charge in [0.25, 0.3) is 11.6 Å². The number of methoxy groups -OCH3 is 1. The van der Waals surface area contributed by atoms with Crippen LogP contribution in [-0.4, -0.2) is 41.6 Å². The van der Waals surface area contributed by atoms with E-state index in [0.717, 1.165) is 11.3 Å². The molecular formula is C22H19N3O8S2. The van der Waals surface area contributed by atoms with Gasteiger partial charge in [0, 0.05) is 17.7 Å². The molecule has 1 amide bonds. The van der Waals surface area contributed by atoms with Gasteiger partial charge in [0.15, 0.2) is 10.9 Å². The van der Waals surface area contributed by atoms with E-state index in [1.807, 2.05) is 0 Å². The number of thiophene rings is 1. The van der Waals surface area contributed by atoms with Crippen LogP contribution in [0.3, 0.4) is 0 Å². The van der Waals surface area contributed by atoms with Crippen LogP contribution in [0.1, 0.15) is 43.1 Å². The van der Waals surface area contributed by atoms with Crippen molar-refractivity contribution >= 4 is 57.2 Å². The number of carbonyl (C=O) groups excluding carboxylic acids is 3. The first-order valence-corrected chi connectivity index (χ1v) is 11.2. The minimum Gasteiger partial charge on any atom is -0.465 e. The fourth-order valence-electron chi connectivity index (χ4n) is 3.02. The van der Waals surface area contributed by atoms with Crippen molar-refractivity contribution in [2.24, 2.45) is 0 Å². The lowest BCUT2D eigenvalue weighted by molar-refractivity contribution is -0.384. The molecule has 0 atom stereocenters. The minimum absolute atomic E-state index is 0.0970. The van der Waals surface area contributed by atoms with Gasteiger partial charge in [-0.05, 0) is 43.8 Å². The smallest absolute Gasteiger partial charge is 0.348 e. The van der Waals surface area contributed by atoms with Crippen molar-refractivity contribution in [1.29, 1.82) is 0 Å². The summed E-state index contributed by atoms with van der Waals surface area (Å²) < 4.78 is 15.3. The van der Waals surface area contributed by atoms with E-state index in [2.05, 4.69) is 10.6 Å². The number of benzene rings is 1. The molecule has 0 saturated heterocycles. The third-order valence-corrected chi connectivity index (χ3v) is 6.01. The lowest BCUT2D eigenvalue weighted by atomic mass is 10.1. The molecular weight excluding hydrogens is 498 g/mol. The highest BCUT2D eigenvalue weighted by molar-refractivity contribution is 7.80. The second-order valence-corrected chi connectivity index (χ2v) is 8.28. The summed E-state index contributed by atoms with van der Waals surface area (Å²) in [5.41, 5.74) is 0.747. The van der Waals surface area contributed by atoms with E-state index in [0.29, 0.717) is 11.1 Å². The van der Waals surface area contributed by atoms with Crippen LogP contribution >= 0.6 is 23.6 Å². The molecule has 0 fully saturated rings. The first-order chi connectivity index (χ1) is 16.7. The molecule has 0 radical (unpaired) electrons. The van der Waals surface area contributed by atoms with Gasteiger partial charge in [-0.2, -0.15) is 0 Å². The van der Waals surface area contributed by atoms with Gasteiger partial charge in [0.05, 0.1) is 24.2 Å². The number of carbonyl (C=O) groups is 3. The van der Waals surface area contributed by atoms with Crippen LogP contribution in [0.4, 0.5) is 10.7 Å². The number of nitro benzene ring substituents is 1. The highest BCUT2D eigenvalue weighted by Crippen LogP contribution is 2.34. The van der Waals surface area contributed by atoms with Gasteiger partial charge in [-0.25, -0.2) is 9.59 Å². The number of rotatable bonds is 7. The van der Waals surface area contributed by atoms with Crippen LogP contribution in [-0.2, 0) is 9.47 Å². The summed E-state index contributed by atoms with van der Waals surface area (Å²) in [7, 11) is 1.22. The maximum Gasteiger partial charge on any atom is 0.348 e. The van der Waals surface area contributed by atoms with Crippen molar-refractivity contribution in [3.8, 4) is 11.3 Å². The Kier molecular flexibility index (Phi) is 7.94. The van der Waals surface area contributed by atoms with E-state index in [1.54, 1.807) is 19.9 Å². The first kappa shape index (κ1) is 25.5. The quantitative estimate of drug-likeness (QED) is 0.201. The number of hydrogen-bond acceptors (Lipinski definition) is 10. The summed E-state index contributed by atoms with van der Waals surface area (Å²) in [6.45, 7) is 3.33. The topological polar surface area (TPSA) is 150 Å². The third kappa shape index (κ3) is 5.70. The number of nitro groups is 1. The fourth-order valence-corrected chi connectivity index (χ4v) is 4.40. The van der Waals surface area contributed by atoms with Crippen molar-refractivity contribution in [1.82, 2.24) is 5.32 Å². The molecule has 0 bridgehead atoms. The number of esters is 2. The largest absolute Gasteiger partial charge is 0.465 e. The van der Waals surface area contributed by atoms with E-state index < -0.39 is 22.8 Å². The zero-order valence-electron chi connectivity index (χ0n) is 18.7. The standard InChI is InChI=1S/C22H19N3O8S2/c1-4-32-20(27)16-11(2)17(21(28)31-3)35-19(16)24-22(34)23-18(26)15-9-8-14(33-15)12-6-5-7-13(10-12)25(29)30/h5-10H,4H2,1-3H3,(H2,23,24,26,34). The summed E-state index contributed by atoms with van der Waals surface area (Å²) >= 11 is 6.12. The number of furan rings is 1. The predicted molar refractivity (Wildman–Crippen MR) is 131 cm³/mol. The Bertz CT molecular complexity index is 1330. The minimum atomic E-state index is -0.696. The highest BCUT2D eigenvalue weighted by Gasteiger charge is 2.27. The van der Waals surface area contributed by atoms with Gasteiger partial charge in [-0.1, -0.05) is 12.1 Å². The Balaban J connectivity index is 1.77. The van der Waals surface area contributed by atoms with Crippen LogP contribution in [0.15, 0.2) is 40.8 Å². The van der Waals surface area contributed by atoms with Crippen LogP contribution in [0.5, 0.6) is 0 Å². The van der Waals surface area contributed by atoms with Crippen molar-refractivity contribution in [2.45, 2.75) is 13.8 Å². The first-order valence-electron chi connectivity index (χ1n) is 10.0. The Morgan fingerprint density at radius 1 is 1.20 bits per heavy atom. The average molecular weight is 518 g/mol. The average Bonchev–Trinajstić information content (AvgIpc) is 3.44. The predicted octanol–water partition coefficient (Wildman–Crippen LogP) is 4.31. The van der Waals surface area contributed by atoms with E-state index in [-0.39, 0.29) is 44.4 Å². The Morgan fingerprint density at radius 3 is 2.60 bits per heavy atom. The number of thiocarbonyl (C=S) groups is 1. The summed E-state index contributed by atoms with van der Waals surface area (Å²) in [4.78, 5) is 47.7. The number of nitrogens with zero attached hydrogens (tertiary/aromatic N) is 1. The highest BCUT2D eigenvalue weighted by atomic mass is 32.1. The third-order valence-electron chi connectivity index (χ3n) is 4.62. The maximum atomic E-state index is 12.6. The molecule has 182 valence electrons. The molecule has 0 aliphatic heterocycles. The molecule has 2 aromatic heterocycles. The summed E-state index contributed by atoms with van der Waals surface area (Å²) in [5.74, 6) is -1.85. The second kappa shape index (κ2) is 10.9. The number of nitrogens with one attached hydrogen (secondary N) is 2. The molecule has 0 aliphatic rings. The normalized spacial score (nSPS) is 10.4. The summed E-state index contributed by atoms with van der Waals surface area (Å²) in [6.07, 6.45) is 0. The van der Waals surface area contributed by atoms with Crippen molar-refractivity contribution in [3.63, 3.8) is 0 Å². The van der Waals surface area contributed by atoms with Crippen LogP contribution in [0.25, 0.3) is 11.3 Å². The zero-order valence-corrected chi connectivity index (χ0v) is 20.3. The molecule has 0 spiro atoms. The van der Waals surface area contributed by atoms with Gasteiger partial charge < -0.3 is 19.2 Å². The van der Waals surface area contributed by atoms with E-state index in [1.165, 1.54) is 37.4 Å². The number of anilines is 1. The summed E-state index contributed by atoms with van der Waals surface area (Å²) in [6, 6.07) is 8.65.